The summed E-state index contributed by atoms with van der Waals surface area (Å²) in [6, 6.07) is 7.22. The van der Waals surface area contributed by atoms with Crippen LogP contribution < -0.4 is 5.32 Å². The second-order valence-electron chi connectivity index (χ2n) is 8.29. The first-order valence-electron chi connectivity index (χ1n) is 10.1. The minimum Gasteiger partial charge on any atom is -0.447 e. The van der Waals surface area contributed by atoms with E-state index in [9.17, 15) is 9.59 Å². The van der Waals surface area contributed by atoms with Crippen LogP contribution in [0.25, 0.3) is 0 Å². The number of amides is 2. The Bertz CT molecular complexity index is 1150. The number of hydrogen-bond acceptors (Lipinski definition) is 5. The van der Waals surface area contributed by atoms with E-state index in [-0.39, 0.29) is 17.7 Å². The van der Waals surface area contributed by atoms with Crippen LogP contribution >= 0.6 is 0 Å². The number of fused-ring (bicyclic) bond motifs is 2. The minimum atomic E-state index is -0.864. The van der Waals surface area contributed by atoms with Gasteiger partial charge in [0.2, 0.25) is 5.91 Å². The Morgan fingerprint density at radius 3 is 2.87 bits per heavy atom. The summed E-state index contributed by atoms with van der Waals surface area (Å²) in [5.74, 6) is 0.268. The fraction of sp³-hybridized carbons (Fsp3) is 0.364. The van der Waals surface area contributed by atoms with Crippen LogP contribution in [-0.2, 0) is 17.3 Å². The molecule has 0 bridgehead atoms. The van der Waals surface area contributed by atoms with E-state index in [2.05, 4.69) is 15.4 Å². The van der Waals surface area contributed by atoms with Crippen LogP contribution in [0.3, 0.4) is 0 Å². The van der Waals surface area contributed by atoms with Crippen molar-refractivity contribution in [2.75, 3.05) is 11.9 Å². The lowest BCUT2D eigenvalue weighted by molar-refractivity contribution is -0.121. The van der Waals surface area contributed by atoms with Gasteiger partial charge in [-0.15, -0.1) is 0 Å². The van der Waals surface area contributed by atoms with Crippen LogP contribution in [0, 0.1) is 0 Å². The average Bonchev–Trinajstić information content (AvgIpc) is 3.49. The number of hydrogen-bond donors (Lipinski definition) is 1. The molecule has 1 spiro atoms. The number of rotatable bonds is 3. The molecule has 1 N–H and O–H groups in total. The number of para-hydroxylation sites is 1. The van der Waals surface area contributed by atoms with E-state index in [0.717, 1.165) is 16.8 Å². The molecule has 0 radical (unpaired) electrons. The van der Waals surface area contributed by atoms with Gasteiger partial charge in [0.05, 0.1) is 12.2 Å². The maximum Gasteiger partial charge on any atom is 0.276 e. The number of likely N-dealkylation sites (tertiary alicyclic amines) is 1. The zero-order chi connectivity index (χ0) is 21.0. The second kappa shape index (κ2) is 6.55. The van der Waals surface area contributed by atoms with Crippen molar-refractivity contribution in [3.05, 3.63) is 65.6 Å². The summed E-state index contributed by atoms with van der Waals surface area (Å²) in [6.45, 7) is 4.36. The van der Waals surface area contributed by atoms with Crippen LogP contribution in [0.5, 0.6) is 0 Å². The van der Waals surface area contributed by atoms with Gasteiger partial charge in [-0.3, -0.25) is 14.3 Å². The highest BCUT2D eigenvalue weighted by Gasteiger charge is 2.60. The summed E-state index contributed by atoms with van der Waals surface area (Å²) in [4.78, 5) is 33.0. The molecule has 8 heteroatoms. The molecule has 8 nitrogen and oxygen atoms in total. The van der Waals surface area contributed by atoms with Crippen molar-refractivity contribution in [2.45, 2.75) is 37.6 Å². The van der Waals surface area contributed by atoms with Crippen molar-refractivity contribution in [3.63, 3.8) is 0 Å². The number of anilines is 1. The van der Waals surface area contributed by atoms with Gasteiger partial charge in [-0.2, -0.15) is 5.10 Å². The van der Waals surface area contributed by atoms with Gasteiger partial charge in [0.15, 0.2) is 12.1 Å². The molecule has 2 unspecified atom stereocenters. The largest absolute Gasteiger partial charge is 0.447 e. The van der Waals surface area contributed by atoms with E-state index in [4.69, 9.17) is 4.42 Å². The van der Waals surface area contributed by atoms with E-state index in [1.807, 2.05) is 51.4 Å². The lowest BCUT2D eigenvalue weighted by Gasteiger charge is -2.33. The molecule has 5 rings (SSSR count). The molecule has 2 aliphatic heterocycles. The molecule has 2 aromatic heterocycles. The maximum absolute atomic E-state index is 13.6. The molecule has 1 fully saturated rings. The number of aromatic nitrogens is 3. The highest BCUT2D eigenvalue weighted by atomic mass is 16.3. The number of carbonyl (C=O) groups excluding carboxylic acids is 2. The Balaban J connectivity index is 1.66. The average molecular weight is 405 g/mol. The zero-order valence-corrected chi connectivity index (χ0v) is 17.1. The number of nitrogens with zero attached hydrogens (tertiary/aromatic N) is 4. The quantitative estimate of drug-likeness (QED) is 0.723. The molecule has 0 saturated carbocycles. The number of aryl methyl sites for hydroxylation is 1. The predicted octanol–water partition coefficient (Wildman–Crippen LogP) is 3.01. The van der Waals surface area contributed by atoms with Crippen molar-refractivity contribution in [2.24, 2.45) is 7.05 Å². The summed E-state index contributed by atoms with van der Waals surface area (Å²) < 4.78 is 7.18. The van der Waals surface area contributed by atoms with Crippen molar-refractivity contribution in [1.29, 1.82) is 0 Å². The van der Waals surface area contributed by atoms with Crippen LogP contribution in [0.2, 0.25) is 0 Å². The third-order valence-electron chi connectivity index (χ3n) is 6.21. The molecule has 2 amide bonds. The summed E-state index contributed by atoms with van der Waals surface area (Å²) in [6.07, 6.45) is 5.44. The van der Waals surface area contributed by atoms with Crippen molar-refractivity contribution in [1.82, 2.24) is 19.7 Å². The summed E-state index contributed by atoms with van der Waals surface area (Å²) >= 11 is 0. The van der Waals surface area contributed by atoms with Gasteiger partial charge >= 0.3 is 0 Å². The smallest absolute Gasteiger partial charge is 0.276 e. The first kappa shape index (κ1) is 18.6. The lowest BCUT2D eigenvalue weighted by atomic mass is 9.73. The van der Waals surface area contributed by atoms with Gasteiger partial charge < -0.3 is 14.6 Å². The third-order valence-corrected chi connectivity index (χ3v) is 6.21. The SMILES string of the molecule is CC(C)c1ocnc1C(=O)N1CCC2(C(=O)Nc3ccccc32)C1c1cnn(C)c1. The predicted molar refractivity (Wildman–Crippen MR) is 109 cm³/mol. The Morgan fingerprint density at radius 1 is 1.33 bits per heavy atom. The van der Waals surface area contributed by atoms with E-state index in [1.54, 1.807) is 15.8 Å². The molecule has 154 valence electrons. The number of oxazole rings is 1. The molecule has 2 atom stereocenters. The summed E-state index contributed by atoms with van der Waals surface area (Å²) in [7, 11) is 1.83. The van der Waals surface area contributed by atoms with E-state index in [1.165, 1.54) is 6.39 Å². The fourth-order valence-corrected chi connectivity index (χ4v) is 4.91. The molecule has 30 heavy (non-hydrogen) atoms. The van der Waals surface area contributed by atoms with E-state index in [0.29, 0.717) is 24.4 Å². The molecule has 1 saturated heterocycles. The minimum absolute atomic E-state index is 0.0235. The van der Waals surface area contributed by atoms with Crippen LogP contribution in [0.15, 0.2) is 47.5 Å². The molecule has 1 aromatic carbocycles. The van der Waals surface area contributed by atoms with Crippen molar-refractivity contribution in [3.8, 4) is 0 Å². The Morgan fingerprint density at radius 2 is 2.13 bits per heavy atom. The molecule has 2 aliphatic rings. The fourth-order valence-electron chi connectivity index (χ4n) is 4.91. The highest BCUT2D eigenvalue weighted by Crippen LogP contribution is 2.54. The summed E-state index contributed by atoms with van der Waals surface area (Å²) in [5.41, 5.74) is 1.99. The lowest BCUT2D eigenvalue weighted by Crippen LogP contribution is -2.42. The Labute approximate surface area is 173 Å². The molecule has 3 aromatic rings. The van der Waals surface area contributed by atoms with Gasteiger partial charge in [0.25, 0.3) is 5.91 Å². The monoisotopic (exact) mass is 405 g/mol. The third kappa shape index (κ3) is 2.46. The van der Waals surface area contributed by atoms with Gasteiger partial charge in [-0.1, -0.05) is 32.0 Å². The molecular formula is C22H23N5O3. The van der Waals surface area contributed by atoms with Crippen LogP contribution in [0.4, 0.5) is 5.69 Å². The maximum atomic E-state index is 13.6. The van der Waals surface area contributed by atoms with Crippen LogP contribution in [0.1, 0.15) is 59.6 Å². The second-order valence-corrected chi connectivity index (χ2v) is 8.29. The van der Waals surface area contributed by atoms with Gasteiger partial charge in [-0.05, 0) is 18.1 Å². The Hall–Kier alpha value is -3.42. The molecule has 0 aliphatic carbocycles. The first-order valence-corrected chi connectivity index (χ1v) is 10.1. The van der Waals surface area contributed by atoms with Crippen molar-refractivity contribution >= 4 is 17.5 Å². The molecular weight excluding hydrogens is 382 g/mol. The first-order chi connectivity index (χ1) is 14.4. The zero-order valence-electron chi connectivity index (χ0n) is 17.1. The Kier molecular flexibility index (Phi) is 4.06. The highest BCUT2D eigenvalue weighted by molar-refractivity contribution is 6.08. The number of benzene rings is 1. The van der Waals surface area contributed by atoms with Crippen LogP contribution in [-0.4, -0.2) is 38.0 Å². The number of carbonyl (C=O) groups is 2. The van der Waals surface area contributed by atoms with E-state index >= 15 is 0 Å². The summed E-state index contributed by atoms with van der Waals surface area (Å²) in [5, 5.41) is 7.33. The standard InChI is InChI=1S/C22H23N5O3/c1-13(2)18-17(23-12-30-18)20(28)27-9-8-22(19(27)14-10-24-26(3)11-14)15-6-4-5-7-16(15)25-21(22)29/h4-7,10-13,19H,8-9H2,1-3H3,(H,25,29). The van der Waals surface area contributed by atoms with Gasteiger partial charge in [-0.25, -0.2) is 4.98 Å². The number of nitrogens with one attached hydrogen (secondary N) is 1. The topological polar surface area (TPSA) is 93.3 Å². The van der Waals surface area contributed by atoms with E-state index < -0.39 is 11.5 Å². The molecule has 4 heterocycles. The van der Waals surface area contributed by atoms with Crippen molar-refractivity contribution < 1.29 is 14.0 Å². The normalized spacial score (nSPS) is 22.7. The van der Waals surface area contributed by atoms with Gasteiger partial charge in [0, 0.05) is 37.0 Å². The van der Waals surface area contributed by atoms with Gasteiger partial charge in [0.1, 0.15) is 11.2 Å².